The molecule has 0 spiro atoms. The Bertz CT molecular complexity index is 628. The standard InChI is InChI=1S/C20H24N2O/c1-21-11-13-22(14-12-21)16-20(23)19-9-7-18(8-10-19)15-17-5-3-2-4-6-17/h2-10H,11-16H2,1H3. The summed E-state index contributed by atoms with van der Waals surface area (Å²) in [6.45, 7) is 4.58. The summed E-state index contributed by atoms with van der Waals surface area (Å²) in [5.74, 6) is 0.223. The van der Waals surface area contributed by atoms with Gasteiger partial charge in [0.25, 0.3) is 0 Å². The third-order valence-corrected chi connectivity index (χ3v) is 4.49. The van der Waals surface area contributed by atoms with Gasteiger partial charge in [0.15, 0.2) is 5.78 Å². The average molecular weight is 308 g/mol. The number of hydrogen-bond acceptors (Lipinski definition) is 3. The molecule has 1 heterocycles. The van der Waals surface area contributed by atoms with Crippen LogP contribution in [0, 0.1) is 0 Å². The number of hydrogen-bond donors (Lipinski definition) is 0. The van der Waals surface area contributed by atoms with Crippen molar-refractivity contribution in [1.82, 2.24) is 9.80 Å². The predicted octanol–water partition coefficient (Wildman–Crippen LogP) is 2.71. The van der Waals surface area contributed by atoms with Crippen LogP contribution >= 0.6 is 0 Å². The molecular formula is C20H24N2O. The molecule has 2 aromatic rings. The second kappa shape index (κ2) is 7.53. The third kappa shape index (κ3) is 4.50. The van der Waals surface area contributed by atoms with Crippen LogP contribution in [-0.2, 0) is 6.42 Å². The van der Waals surface area contributed by atoms with Gasteiger partial charge in [-0.2, -0.15) is 0 Å². The minimum atomic E-state index is 0.223. The van der Waals surface area contributed by atoms with Gasteiger partial charge in [0, 0.05) is 31.7 Å². The highest BCUT2D eigenvalue weighted by Crippen LogP contribution is 2.12. The molecule has 0 radical (unpaired) electrons. The molecule has 0 aromatic heterocycles. The molecule has 23 heavy (non-hydrogen) atoms. The van der Waals surface area contributed by atoms with Gasteiger partial charge in [0.2, 0.25) is 0 Å². The van der Waals surface area contributed by atoms with Crippen molar-refractivity contribution in [2.24, 2.45) is 0 Å². The maximum Gasteiger partial charge on any atom is 0.176 e. The third-order valence-electron chi connectivity index (χ3n) is 4.49. The summed E-state index contributed by atoms with van der Waals surface area (Å²) in [4.78, 5) is 17.0. The molecule has 1 fully saturated rings. The van der Waals surface area contributed by atoms with E-state index in [0.29, 0.717) is 6.54 Å². The molecule has 1 saturated heterocycles. The highest BCUT2D eigenvalue weighted by molar-refractivity contribution is 5.97. The number of carbonyl (C=O) groups excluding carboxylic acids is 1. The fourth-order valence-electron chi connectivity index (χ4n) is 2.94. The van der Waals surface area contributed by atoms with E-state index in [1.807, 2.05) is 18.2 Å². The Morgan fingerprint density at radius 3 is 2.13 bits per heavy atom. The van der Waals surface area contributed by atoms with E-state index >= 15 is 0 Å². The Labute approximate surface area is 138 Å². The van der Waals surface area contributed by atoms with Crippen LogP contribution in [0.1, 0.15) is 21.5 Å². The Balaban J connectivity index is 1.57. The predicted molar refractivity (Wildman–Crippen MR) is 94.0 cm³/mol. The van der Waals surface area contributed by atoms with Crippen molar-refractivity contribution in [2.75, 3.05) is 39.8 Å². The maximum absolute atomic E-state index is 12.4. The van der Waals surface area contributed by atoms with E-state index in [9.17, 15) is 4.79 Å². The van der Waals surface area contributed by atoms with Gasteiger partial charge >= 0.3 is 0 Å². The summed E-state index contributed by atoms with van der Waals surface area (Å²) < 4.78 is 0. The van der Waals surface area contributed by atoms with Crippen molar-refractivity contribution in [3.05, 3.63) is 71.3 Å². The Morgan fingerprint density at radius 1 is 0.870 bits per heavy atom. The maximum atomic E-state index is 12.4. The molecule has 0 amide bonds. The number of piperazine rings is 1. The van der Waals surface area contributed by atoms with Crippen LogP contribution in [0.2, 0.25) is 0 Å². The monoisotopic (exact) mass is 308 g/mol. The topological polar surface area (TPSA) is 23.6 Å². The first-order chi connectivity index (χ1) is 11.2. The Hall–Kier alpha value is -1.97. The number of Topliss-reactive ketones (excluding diaryl/α,β-unsaturated/α-hetero) is 1. The van der Waals surface area contributed by atoms with Crippen molar-refractivity contribution in [1.29, 1.82) is 0 Å². The first-order valence-electron chi connectivity index (χ1n) is 8.28. The van der Waals surface area contributed by atoms with Gasteiger partial charge < -0.3 is 4.90 Å². The molecule has 0 unspecified atom stereocenters. The van der Waals surface area contributed by atoms with E-state index in [1.165, 1.54) is 11.1 Å². The zero-order valence-electron chi connectivity index (χ0n) is 13.7. The fourth-order valence-corrected chi connectivity index (χ4v) is 2.94. The van der Waals surface area contributed by atoms with E-state index < -0.39 is 0 Å². The number of nitrogens with zero attached hydrogens (tertiary/aromatic N) is 2. The van der Waals surface area contributed by atoms with E-state index in [1.54, 1.807) is 0 Å². The van der Waals surface area contributed by atoms with Crippen LogP contribution in [-0.4, -0.2) is 55.4 Å². The van der Waals surface area contributed by atoms with Gasteiger partial charge in [-0.15, -0.1) is 0 Å². The number of benzene rings is 2. The van der Waals surface area contributed by atoms with Crippen molar-refractivity contribution in [3.63, 3.8) is 0 Å². The van der Waals surface area contributed by atoms with Crippen LogP contribution in [0.5, 0.6) is 0 Å². The van der Waals surface area contributed by atoms with E-state index in [0.717, 1.165) is 38.2 Å². The summed E-state index contributed by atoms with van der Waals surface area (Å²) in [6.07, 6.45) is 0.910. The molecule has 0 aliphatic carbocycles. The normalized spacial score (nSPS) is 16.4. The van der Waals surface area contributed by atoms with Gasteiger partial charge in [0.05, 0.1) is 6.54 Å². The van der Waals surface area contributed by atoms with Crippen LogP contribution < -0.4 is 0 Å². The minimum Gasteiger partial charge on any atom is -0.304 e. The smallest absolute Gasteiger partial charge is 0.176 e. The fraction of sp³-hybridized carbons (Fsp3) is 0.350. The first kappa shape index (κ1) is 15.9. The van der Waals surface area contributed by atoms with E-state index in [-0.39, 0.29) is 5.78 Å². The second-order valence-corrected chi connectivity index (χ2v) is 6.36. The summed E-state index contributed by atoms with van der Waals surface area (Å²) in [7, 11) is 2.13. The molecule has 3 heteroatoms. The van der Waals surface area contributed by atoms with Crippen LogP contribution in [0.15, 0.2) is 54.6 Å². The van der Waals surface area contributed by atoms with Crippen molar-refractivity contribution < 1.29 is 4.79 Å². The molecule has 0 bridgehead atoms. The first-order valence-corrected chi connectivity index (χ1v) is 8.28. The number of ketones is 1. The number of likely N-dealkylation sites (N-methyl/N-ethyl adjacent to an activating group) is 1. The molecular weight excluding hydrogens is 284 g/mol. The lowest BCUT2D eigenvalue weighted by Crippen LogP contribution is -2.46. The van der Waals surface area contributed by atoms with Gasteiger partial charge in [-0.1, -0.05) is 54.6 Å². The zero-order valence-corrected chi connectivity index (χ0v) is 13.7. The lowest BCUT2D eigenvalue weighted by Gasteiger charge is -2.31. The Morgan fingerprint density at radius 2 is 1.48 bits per heavy atom. The van der Waals surface area contributed by atoms with E-state index in [2.05, 4.69) is 53.2 Å². The number of rotatable bonds is 5. The highest BCUT2D eigenvalue weighted by atomic mass is 16.1. The number of carbonyl (C=O) groups is 1. The molecule has 1 aliphatic rings. The summed E-state index contributed by atoms with van der Waals surface area (Å²) in [6, 6.07) is 18.5. The minimum absolute atomic E-state index is 0.223. The van der Waals surface area contributed by atoms with E-state index in [4.69, 9.17) is 0 Å². The summed E-state index contributed by atoms with van der Waals surface area (Å²) in [5, 5.41) is 0. The van der Waals surface area contributed by atoms with Crippen LogP contribution in [0.4, 0.5) is 0 Å². The van der Waals surface area contributed by atoms with Gasteiger partial charge in [0.1, 0.15) is 0 Å². The summed E-state index contributed by atoms with van der Waals surface area (Å²) >= 11 is 0. The van der Waals surface area contributed by atoms with Gasteiger partial charge in [-0.25, -0.2) is 0 Å². The molecule has 1 aliphatic heterocycles. The lowest BCUT2D eigenvalue weighted by molar-refractivity contribution is 0.0876. The van der Waals surface area contributed by atoms with Crippen molar-refractivity contribution >= 4 is 5.78 Å². The zero-order chi connectivity index (χ0) is 16.1. The molecule has 2 aromatic carbocycles. The molecule has 120 valence electrons. The summed E-state index contributed by atoms with van der Waals surface area (Å²) in [5.41, 5.74) is 3.36. The Kier molecular flexibility index (Phi) is 5.21. The van der Waals surface area contributed by atoms with Crippen molar-refractivity contribution in [3.8, 4) is 0 Å². The second-order valence-electron chi connectivity index (χ2n) is 6.36. The molecule has 0 N–H and O–H groups in total. The quantitative estimate of drug-likeness (QED) is 0.794. The van der Waals surface area contributed by atoms with Gasteiger partial charge in [-0.3, -0.25) is 9.69 Å². The van der Waals surface area contributed by atoms with Gasteiger partial charge in [-0.05, 0) is 24.6 Å². The average Bonchev–Trinajstić information content (AvgIpc) is 2.58. The molecule has 0 saturated carbocycles. The molecule has 3 rings (SSSR count). The van der Waals surface area contributed by atoms with Crippen molar-refractivity contribution in [2.45, 2.75) is 6.42 Å². The SMILES string of the molecule is CN1CCN(CC(=O)c2ccc(Cc3ccccc3)cc2)CC1. The lowest BCUT2D eigenvalue weighted by atomic mass is 10.0. The van der Waals surface area contributed by atoms with Crippen LogP contribution in [0.3, 0.4) is 0 Å². The molecule has 0 atom stereocenters. The van der Waals surface area contributed by atoms with Crippen LogP contribution in [0.25, 0.3) is 0 Å². The largest absolute Gasteiger partial charge is 0.304 e. The molecule has 3 nitrogen and oxygen atoms in total. The highest BCUT2D eigenvalue weighted by Gasteiger charge is 2.17.